The highest BCUT2D eigenvalue weighted by Gasteiger charge is 2.28. The topological polar surface area (TPSA) is 12.0 Å². The zero-order valence-corrected chi connectivity index (χ0v) is 11.5. The molecule has 0 radical (unpaired) electrons. The molecule has 3 rings (SSSR count). The van der Waals surface area contributed by atoms with Crippen LogP contribution >= 0.6 is 11.3 Å². The third-order valence-corrected chi connectivity index (χ3v) is 4.84. The monoisotopic (exact) mass is 257 g/mol. The maximum Gasteiger partial charge on any atom is 0.0447 e. The Bertz CT molecular complexity index is 503. The van der Waals surface area contributed by atoms with Crippen LogP contribution in [0.1, 0.15) is 27.8 Å². The molecule has 1 aromatic carbocycles. The largest absolute Gasteiger partial charge is 0.309 e. The fraction of sp³-hybridized carbons (Fsp3) is 0.375. The second-order valence-electron chi connectivity index (χ2n) is 5.12. The van der Waals surface area contributed by atoms with Crippen LogP contribution in [0, 0.1) is 12.8 Å². The molecule has 2 aromatic rings. The molecule has 2 heteroatoms. The summed E-state index contributed by atoms with van der Waals surface area (Å²) in [6.07, 6.45) is 2.48. The van der Waals surface area contributed by atoms with Crippen molar-refractivity contribution in [1.29, 1.82) is 0 Å². The summed E-state index contributed by atoms with van der Waals surface area (Å²) in [7, 11) is 0. The third kappa shape index (κ3) is 2.50. The van der Waals surface area contributed by atoms with Gasteiger partial charge in [-0.1, -0.05) is 30.3 Å². The molecule has 0 bridgehead atoms. The van der Waals surface area contributed by atoms with Gasteiger partial charge in [0.2, 0.25) is 0 Å². The van der Waals surface area contributed by atoms with Gasteiger partial charge in [0.15, 0.2) is 0 Å². The summed E-state index contributed by atoms with van der Waals surface area (Å²) in [6, 6.07) is 16.0. The first-order valence-electron chi connectivity index (χ1n) is 6.66. The van der Waals surface area contributed by atoms with Crippen LogP contribution in [0.4, 0.5) is 0 Å². The van der Waals surface area contributed by atoms with Gasteiger partial charge in [0.05, 0.1) is 0 Å². The molecule has 0 spiro atoms. The van der Waals surface area contributed by atoms with Crippen LogP contribution in [-0.2, 0) is 6.42 Å². The quantitative estimate of drug-likeness (QED) is 0.878. The zero-order valence-electron chi connectivity index (χ0n) is 10.7. The molecule has 1 fully saturated rings. The van der Waals surface area contributed by atoms with Crippen molar-refractivity contribution in [2.24, 2.45) is 5.92 Å². The smallest absolute Gasteiger partial charge is 0.0447 e. The van der Waals surface area contributed by atoms with Crippen molar-refractivity contribution in [3.8, 4) is 0 Å². The van der Waals surface area contributed by atoms with E-state index >= 15 is 0 Å². The van der Waals surface area contributed by atoms with Crippen LogP contribution in [-0.4, -0.2) is 6.54 Å². The number of aryl methyl sites for hydroxylation is 1. The van der Waals surface area contributed by atoms with Gasteiger partial charge >= 0.3 is 0 Å². The number of benzene rings is 1. The molecular weight excluding hydrogens is 238 g/mol. The van der Waals surface area contributed by atoms with E-state index in [1.807, 2.05) is 11.3 Å². The van der Waals surface area contributed by atoms with Gasteiger partial charge in [-0.2, -0.15) is 0 Å². The fourth-order valence-electron chi connectivity index (χ4n) is 2.85. The lowest BCUT2D eigenvalue weighted by Gasteiger charge is -2.18. The highest BCUT2D eigenvalue weighted by atomic mass is 32.1. The summed E-state index contributed by atoms with van der Waals surface area (Å²) in [5.74, 6) is 0.741. The Balaban J connectivity index is 1.75. The minimum absolute atomic E-state index is 0.559. The molecule has 2 atom stereocenters. The number of rotatable bonds is 3. The van der Waals surface area contributed by atoms with Gasteiger partial charge in [0.25, 0.3) is 0 Å². The average Bonchev–Trinajstić information content (AvgIpc) is 2.99. The Kier molecular flexibility index (Phi) is 3.48. The molecule has 2 unspecified atom stereocenters. The first-order chi connectivity index (χ1) is 8.83. The average molecular weight is 257 g/mol. The Labute approximate surface area is 113 Å². The molecule has 18 heavy (non-hydrogen) atoms. The molecule has 0 amide bonds. The number of thiophene rings is 1. The van der Waals surface area contributed by atoms with Gasteiger partial charge in [-0.3, -0.25) is 0 Å². The highest BCUT2D eigenvalue weighted by molar-refractivity contribution is 7.12. The van der Waals surface area contributed by atoms with Gasteiger partial charge in [-0.15, -0.1) is 11.3 Å². The Morgan fingerprint density at radius 1 is 1.17 bits per heavy atom. The summed E-state index contributed by atoms with van der Waals surface area (Å²) in [4.78, 5) is 2.92. The standard InChI is InChI=1S/C16H19NS/c1-12-7-8-15(18-12)16-14(9-10-17-16)11-13-5-3-2-4-6-13/h2-8,14,16-17H,9-11H2,1H3. The van der Waals surface area contributed by atoms with Crippen molar-refractivity contribution in [3.05, 3.63) is 57.8 Å². The van der Waals surface area contributed by atoms with E-state index in [-0.39, 0.29) is 0 Å². The summed E-state index contributed by atoms with van der Waals surface area (Å²) in [6.45, 7) is 3.34. The van der Waals surface area contributed by atoms with E-state index in [4.69, 9.17) is 0 Å². The lowest BCUT2D eigenvalue weighted by Crippen LogP contribution is -2.18. The van der Waals surface area contributed by atoms with E-state index in [0.717, 1.165) is 12.5 Å². The number of hydrogen-bond acceptors (Lipinski definition) is 2. The van der Waals surface area contributed by atoms with Crippen LogP contribution in [0.25, 0.3) is 0 Å². The molecule has 2 heterocycles. The summed E-state index contributed by atoms with van der Waals surface area (Å²) in [5, 5.41) is 3.67. The maximum absolute atomic E-state index is 3.67. The molecule has 1 saturated heterocycles. The molecule has 1 aliphatic heterocycles. The fourth-order valence-corrected chi connectivity index (χ4v) is 3.89. The predicted molar refractivity (Wildman–Crippen MR) is 78.1 cm³/mol. The van der Waals surface area contributed by atoms with Gasteiger partial charge in [0.1, 0.15) is 0 Å². The SMILES string of the molecule is Cc1ccc(C2NCCC2Cc2ccccc2)s1. The maximum atomic E-state index is 3.67. The summed E-state index contributed by atoms with van der Waals surface area (Å²) >= 11 is 1.94. The van der Waals surface area contributed by atoms with Gasteiger partial charge in [0, 0.05) is 15.8 Å². The first kappa shape index (κ1) is 11.9. The normalized spacial score (nSPS) is 23.4. The van der Waals surface area contributed by atoms with Gasteiger partial charge in [-0.25, -0.2) is 0 Å². The minimum Gasteiger partial charge on any atom is -0.309 e. The minimum atomic E-state index is 0.559. The Morgan fingerprint density at radius 3 is 2.72 bits per heavy atom. The van der Waals surface area contributed by atoms with Crippen molar-refractivity contribution in [3.63, 3.8) is 0 Å². The van der Waals surface area contributed by atoms with E-state index in [1.165, 1.54) is 28.2 Å². The molecule has 0 aliphatic carbocycles. The van der Waals surface area contributed by atoms with Crippen molar-refractivity contribution >= 4 is 11.3 Å². The summed E-state index contributed by atoms with van der Waals surface area (Å²) in [5.41, 5.74) is 1.46. The Hall–Kier alpha value is -1.12. The molecule has 1 nitrogen and oxygen atoms in total. The lowest BCUT2D eigenvalue weighted by molar-refractivity contribution is 0.466. The second-order valence-corrected chi connectivity index (χ2v) is 6.44. The van der Waals surface area contributed by atoms with Crippen LogP contribution in [0.3, 0.4) is 0 Å². The van der Waals surface area contributed by atoms with Crippen LogP contribution in [0.15, 0.2) is 42.5 Å². The van der Waals surface area contributed by atoms with Crippen molar-refractivity contribution < 1.29 is 0 Å². The van der Waals surface area contributed by atoms with Crippen LogP contribution < -0.4 is 5.32 Å². The van der Waals surface area contributed by atoms with Crippen molar-refractivity contribution in [1.82, 2.24) is 5.32 Å². The van der Waals surface area contributed by atoms with Crippen LogP contribution in [0.5, 0.6) is 0 Å². The van der Waals surface area contributed by atoms with Crippen molar-refractivity contribution in [2.75, 3.05) is 6.54 Å². The highest BCUT2D eigenvalue weighted by Crippen LogP contribution is 2.35. The Morgan fingerprint density at radius 2 is 2.00 bits per heavy atom. The van der Waals surface area contributed by atoms with E-state index in [9.17, 15) is 0 Å². The van der Waals surface area contributed by atoms with Gasteiger partial charge in [-0.05, 0) is 49.9 Å². The first-order valence-corrected chi connectivity index (χ1v) is 7.48. The van der Waals surface area contributed by atoms with Gasteiger partial charge < -0.3 is 5.32 Å². The molecule has 1 aliphatic rings. The predicted octanol–water partition coefficient (Wildman–Crippen LogP) is 3.95. The van der Waals surface area contributed by atoms with E-state index in [0.29, 0.717) is 6.04 Å². The molecular formula is C16H19NS. The summed E-state index contributed by atoms with van der Waals surface area (Å²) < 4.78 is 0. The number of nitrogens with one attached hydrogen (secondary N) is 1. The third-order valence-electron chi connectivity index (χ3n) is 3.76. The van der Waals surface area contributed by atoms with E-state index in [2.05, 4.69) is 54.7 Å². The molecule has 0 saturated carbocycles. The second kappa shape index (κ2) is 5.25. The lowest BCUT2D eigenvalue weighted by atomic mass is 9.92. The van der Waals surface area contributed by atoms with Crippen molar-refractivity contribution in [2.45, 2.75) is 25.8 Å². The number of hydrogen-bond donors (Lipinski definition) is 1. The molecule has 1 aromatic heterocycles. The molecule has 1 N–H and O–H groups in total. The van der Waals surface area contributed by atoms with Crippen LogP contribution in [0.2, 0.25) is 0 Å². The zero-order chi connectivity index (χ0) is 12.4. The van der Waals surface area contributed by atoms with E-state index < -0.39 is 0 Å². The van der Waals surface area contributed by atoms with E-state index in [1.54, 1.807) is 0 Å². The molecule has 94 valence electrons.